The molecule has 0 saturated heterocycles. The van der Waals surface area contributed by atoms with E-state index in [2.05, 4.69) is 6.92 Å². The lowest BCUT2D eigenvalue weighted by Crippen LogP contribution is -2.09. The molecule has 0 N–H and O–H groups in total. The SMILES string of the molecule is CC[C@@H](C)Oc1ccc2oc(=O)ccc2c1. The molecule has 3 heteroatoms. The van der Waals surface area contributed by atoms with Crippen molar-refractivity contribution >= 4 is 11.0 Å². The lowest BCUT2D eigenvalue weighted by molar-refractivity contribution is 0.217. The highest BCUT2D eigenvalue weighted by molar-refractivity contribution is 5.77. The number of benzene rings is 1. The van der Waals surface area contributed by atoms with E-state index < -0.39 is 0 Å². The molecular formula is C13H14O3. The van der Waals surface area contributed by atoms with Gasteiger partial charge < -0.3 is 9.15 Å². The quantitative estimate of drug-likeness (QED) is 0.743. The van der Waals surface area contributed by atoms with Crippen molar-refractivity contribution in [1.82, 2.24) is 0 Å². The molecule has 2 aromatic rings. The van der Waals surface area contributed by atoms with Crippen molar-refractivity contribution in [1.29, 1.82) is 0 Å². The van der Waals surface area contributed by atoms with Gasteiger partial charge in [-0.2, -0.15) is 0 Å². The summed E-state index contributed by atoms with van der Waals surface area (Å²) in [5.74, 6) is 0.802. The average molecular weight is 218 g/mol. The van der Waals surface area contributed by atoms with E-state index in [1.54, 1.807) is 12.1 Å². The van der Waals surface area contributed by atoms with Crippen LogP contribution in [0.2, 0.25) is 0 Å². The molecule has 0 saturated carbocycles. The van der Waals surface area contributed by atoms with Gasteiger partial charge in [0.2, 0.25) is 0 Å². The highest BCUT2D eigenvalue weighted by atomic mass is 16.5. The van der Waals surface area contributed by atoms with Gasteiger partial charge in [0.15, 0.2) is 0 Å². The average Bonchev–Trinajstić information content (AvgIpc) is 2.29. The highest BCUT2D eigenvalue weighted by Crippen LogP contribution is 2.20. The third-order valence-corrected chi connectivity index (χ3v) is 2.50. The number of hydrogen-bond acceptors (Lipinski definition) is 3. The maximum Gasteiger partial charge on any atom is 0.336 e. The summed E-state index contributed by atoms with van der Waals surface area (Å²) in [5, 5.41) is 0.875. The molecule has 1 heterocycles. The van der Waals surface area contributed by atoms with E-state index in [-0.39, 0.29) is 11.7 Å². The first-order chi connectivity index (χ1) is 7.69. The molecule has 1 aromatic heterocycles. The highest BCUT2D eigenvalue weighted by Gasteiger charge is 2.03. The molecule has 1 aromatic carbocycles. The molecule has 1 atom stereocenters. The molecule has 0 unspecified atom stereocenters. The van der Waals surface area contributed by atoms with Crippen LogP contribution in [0.15, 0.2) is 39.5 Å². The summed E-state index contributed by atoms with van der Waals surface area (Å²) >= 11 is 0. The molecule has 2 rings (SSSR count). The monoisotopic (exact) mass is 218 g/mol. The smallest absolute Gasteiger partial charge is 0.336 e. The van der Waals surface area contributed by atoms with Gasteiger partial charge in [0.25, 0.3) is 0 Å². The fourth-order valence-corrected chi connectivity index (χ4v) is 1.44. The Morgan fingerprint density at radius 1 is 1.31 bits per heavy atom. The molecule has 16 heavy (non-hydrogen) atoms. The molecule has 3 nitrogen and oxygen atoms in total. The van der Waals surface area contributed by atoms with E-state index in [1.165, 1.54) is 6.07 Å². The molecule has 0 spiro atoms. The Hall–Kier alpha value is -1.77. The van der Waals surface area contributed by atoms with Crippen LogP contribution >= 0.6 is 0 Å². The molecule has 84 valence electrons. The van der Waals surface area contributed by atoms with Crippen molar-refractivity contribution in [3.63, 3.8) is 0 Å². The molecule has 0 aliphatic rings. The number of hydrogen-bond donors (Lipinski definition) is 0. The zero-order chi connectivity index (χ0) is 11.5. The van der Waals surface area contributed by atoms with Crippen molar-refractivity contribution < 1.29 is 9.15 Å². The van der Waals surface area contributed by atoms with E-state index in [0.717, 1.165) is 17.6 Å². The Labute approximate surface area is 93.7 Å². The molecule has 0 fully saturated rings. The summed E-state index contributed by atoms with van der Waals surface area (Å²) < 4.78 is 10.7. The van der Waals surface area contributed by atoms with E-state index in [4.69, 9.17) is 9.15 Å². The lowest BCUT2D eigenvalue weighted by atomic mass is 10.2. The fraction of sp³-hybridized carbons (Fsp3) is 0.308. The largest absolute Gasteiger partial charge is 0.491 e. The zero-order valence-corrected chi connectivity index (χ0v) is 9.40. The predicted octanol–water partition coefficient (Wildman–Crippen LogP) is 2.97. The molecular weight excluding hydrogens is 204 g/mol. The number of rotatable bonds is 3. The second-order valence-electron chi connectivity index (χ2n) is 3.79. The topological polar surface area (TPSA) is 39.4 Å². The molecule has 0 bridgehead atoms. The Kier molecular flexibility index (Phi) is 2.95. The van der Waals surface area contributed by atoms with Gasteiger partial charge in [-0.05, 0) is 37.6 Å². The second kappa shape index (κ2) is 4.39. The summed E-state index contributed by atoms with van der Waals surface area (Å²) in [6.07, 6.45) is 1.15. The maximum atomic E-state index is 11.0. The van der Waals surface area contributed by atoms with Crippen LogP contribution < -0.4 is 10.4 Å². The normalized spacial score (nSPS) is 12.6. The van der Waals surface area contributed by atoms with Crippen LogP contribution in [0, 0.1) is 0 Å². The maximum absolute atomic E-state index is 11.0. The van der Waals surface area contributed by atoms with Gasteiger partial charge in [-0.25, -0.2) is 4.79 Å². The Morgan fingerprint density at radius 3 is 2.88 bits per heavy atom. The van der Waals surface area contributed by atoms with Crippen molar-refractivity contribution in [3.05, 3.63) is 40.8 Å². The van der Waals surface area contributed by atoms with Crippen LogP contribution in [-0.4, -0.2) is 6.10 Å². The predicted molar refractivity (Wildman–Crippen MR) is 62.9 cm³/mol. The van der Waals surface area contributed by atoms with Gasteiger partial charge in [-0.3, -0.25) is 0 Å². The van der Waals surface area contributed by atoms with Gasteiger partial charge in [-0.1, -0.05) is 6.92 Å². The van der Waals surface area contributed by atoms with Gasteiger partial charge >= 0.3 is 5.63 Å². The van der Waals surface area contributed by atoms with E-state index in [1.807, 2.05) is 19.1 Å². The Bertz CT molecular complexity index is 542. The third-order valence-electron chi connectivity index (χ3n) is 2.50. The molecule has 0 amide bonds. The van der Waals surface area contributed by atoms with Crippen LogP contribution in [0.4, 0.5) is 0 Å². The van der Waals surface area contributed by atoms with Gasteiger partial charge in [0.05, 0.1) is 6.10 Å². The first-order valence-corrected chi connectivity index (χ1v) is 5.39. The first kappa shape index (κ1) is 10.7. The number of fused-ring (bicyclic) bond motifs is 1. The van der Waals surface area contributed by atoms with Crippen molar-refractivity contribution in [2.24, 2.45) is 0 Å². The summed E-state index contributed by atoms with van der Waals surface area (Å²) in [7, 11) is 0. The Balaban J connectivity index is 2.37. The minimum atomic E-state index is -0.330. The number of ether oxygens (including phenoxy) is 1. The van der Waals surface area contributed by atoms with Gasteiger partial charge in [0, 0.05) is 11.5 Å². The van der Waals surface area contributed by atoms with Crippen LogP contribution in [0.5, 0.6) is 5.75 Å². The van der Waals surface area contributed by atoms with Crippen molar-refractivity contribution in [2.45, 2.75) is 26.4 Å². The van der Waals surface area contributed by atoms with Crippen LogP contribution in [0.3, 0.4) is 0 Å². The van der Waals surface area contributed by atoms with Gasteiger partial charge in [0.1, 0.15) is 11.3 Å². The lowest BCUT2D eigenvalue weighted by Gasteiger charge is -2.12. The Morgan fingerprint density at radius 2 is 2.12 bits per heavy atom. The second-order valence-corrected chi connectivity index (χ2v) is 3.79. The summed E-state index contributed by atoms with van der Waals surface area (Å²) in [4.78, 5) is 11.0. The van der Waals surface area contributed by atoms with E-state index in [0.29, 0.717) is 5.58 Å². The zero-order valence-electron chi connectivity index (χ0n) is 9.40. The van der Waals surface area contributed by atoms with Crippen LogP contribution in [-0.2, 0) is 0 Å². The van der Waals surface area contributed by atoms with E-state index in [9.17, 15) is 4.79 Å². The van der Waals surface area contributed by atoms with Crippen LogP contribution in [0.25, 0.3) is 11.0 Å². The molecule has 0 aliphatic heterocycles. The standard InChI is InChI=1S/C13H14O3/c1-3-9(2)15-11-5-6-12-10(8-11)4-7-13(14)16-12/h4-9H,3H2,1-2H3/t9-/m1/s1. The van der Waals surface area contributed by atoms with Crippen molar-refractivity contribution in [3.8, 4) is 5.75 Å². The van der Waals surface area contributed by atoms with E-state index >= 15 is 0 Å². The minimum absolute atomic E-state index is 0.188. The summed E-state index contributed by atoms with van der Waals surface area (Å²) in [6.45, 7) is 4.10. The molecule has 0 aliphatic carbocycles. The fourth-order valence-electron chi connectivity index (χ4n) is 1.44. The van der Waals surface area contributed by atoms with Crippen LogP contribution in [0.1, 0.15) is 20.3 Å². The summed E-state index contributed by atoms with van der Waals surface area (Å²) in [5.41, 5.74) is 0.257. The first-order valence-electron chi connectivity index (χ1n) is 5.39. The minimum Gasteiger partial charge on any atom is -0.491 e. The van der Waals surface area contributed by atoms with Gasteiger partial charge in [-0.15, -0.1) is 0 Å². The molecule has 0 radical (unpaired) electrons. The third kappa shape index (κ3) is 2.24. The van der Waals surface area contributed by atoms with Crippen molar-refractivity contribution in [2.75, 3.05) is 0 Å². The summed E-state index contributed by atoms with van der Waals surface area (Å²) in [6, 6.07) is 8.61.